The number of nitrogen functional groups attached to an aromatic ring is 1. The fourth-order valence-corrected chi connectivity index (χ4v) is 2.06. The van der Waals surface area contributed by atoms with Crippen molar-refractivity contribution in [2.75, 3.05) is 5.73 Å². The molecule has 1 amide bonds. The number of amides is 1. The minimum absolute atomic E-state index is 0.176. The van der Waals surface area contributed by atoms with E-state index in [9.17, 15) is 9.59 Å². The number of aryl methyl sites for hydroxylation is 1. The molecule has 0 aromatic heterocycles. The Balaban J connectivity index is 1.78. The number of ketones is 1. The molecule has 2 aromatic rings. The van der Waals surface area contributed by atoms with Gasteiger partial charge in [0, 0.05) is 23.7 Å². The van der Waals surface area contributed by atoms with Gasteiger partial charge in [0.1, 0.15) is 0 Å². The molecule has 22 heavy (non-hydrogen) atoms. The summed E-state index contributed by atoms with van der Waals surface area (Å²) in [6, 6.07) is 14.4. The lowest BCUT2D eigenvalue weighted by molar-refractivity contribution is -0.138. The first-order valence-corrected chi connectivity index (χ1v) is 7.32. The molecule has 0 aliphatic carbocycles. The smallest absolute Gasteiger partial charge is 0.287 e. The Labute approximate surface area is 134 Å². The van der Waals surface area contributed by atoms with Gasteiger partial charge in [-0.3, -0.25) is 9.59 Å². The first-order chi connectivity index (χ1) is 10.5. The lowest BCUT2D eigenvalue weighted by Crippen LogP contribution is -2.30. The zero-order valence-corrected chi connectivity index (χ0v) is 12.8. The van der Waals surface area contributed by atoms with Gasteiger partial charge in [-0.05, 0) is 41.8 Å². The molecule has 0 spiro atoms. The zero-order valence-electron chi connectivity index (χ0n) is 12.0. The second kappa shape index (κ2) is 7.61. The summed E-state index contributed by atoms with van der Waals surface area (Å²) in [5, 5.41) is 3.26. The van der Waals surface area contributed by atoms with Gasteiger partial charge in [-0.25, -0.2) is 0 Å². The highest BCUT2D eigenvalue weighted by Crippen LogP contribution is 2.11. The summed E-state index contributed by atoms with van der Waals surface area (Å²) in [5.74, 6) is -0.990. The molecule has 2 aromatic carbocycles. The molecule has 0 saturated carbocycles. The van der Waals surface area contributed by atoms with E-state index in [0.717, 1.165) is 11.1 Å². The molecular formula is C17H17ClN2O2. The summed E-state index contributed by atoms with van der Waals surface area (Å²) in [6.07, 6.45) is 0.695. The standard InChI is InChI=1S/C17H17ClN2O2/c18-14-6-1-12(2-7-14)5-10-16(21)17(22)20-11-13-3-8-15(19)9-4-13/h1-4,6-9H,5,10-11,19H2,(H,20,22). The van der Waals surface area contributed by atoms with Crippen molar-refractivity contribution in [3.8, 4) is 0 Å². The van der Waals surface area contributed by atoms with Crippen LogP contribution in [0.15, 0.2) is 48.5 Å². The Morgan fingerprint density at radius 3 is 2.18 bits per heavy atom. The Hall–Kier alpha value is -2.33. The molecule has 114 valence electrons. The Bertz CT molecular complexity index is 592. The second-order valence-corrected chi connectivity index (χ2v) is 5.41. The van der Waals surface area contributed by atoms with E-state index in [0.29, 0.717) is 23.7 Å². The molecule has 0 aliphatic heterocycles. The number of carbonyl (C=O) groups is 2. The topological polar surface area (TPSA) is 72.2 Å². The van der Waals surface area contributed by atoms with Crippen LogP contribution < -0.4 is 11.1 Å². The summed E-state index contributed by atoms with van der Waals surface area (Å²) >= 11 is 5.80. The summed E-state index contributed by atoms with van der Waals surface area (Å²) in [5.41, 5.74) is 8.12. The van der Waals surface area contributed by atoms with Gasteiger partial charge >= 0.3 is 0 Å². The van der Waals surface area contributed by atoms with E-state index < -0.39 is 11.7 Å². The number of nitrogens with two attached hydrogens (primary N) is 1. The minimum Gasteiger partial charge on any atom is -0.399 e. The maximum absolute atomic E-state index is 11.8. The summed E-state index contributed by atoms with van der Waals surface area (Å²) < 4.78 is 0. The van der Waals surface area contributed by atoms with E-state index in [2.05, 4.69) is 5.32 Å². The number of halogens is 1. The van der Waals surface area contributed by atoms with E-state index in [1.165, 1.54) is 0 Å². The largest absolute Gasteiger partial charge is 0.399 e. The number of anilines is 1. The van der Waals surface area contributed by atoms with Crippen LogP contribution in [-0.4, -0.2) is 11.7 Å². The van der Waals surface area contributed by atoms with Crippen molar-refractivity contribution >= 4 is 29.0 Å². The SMILES string of the molecule is Nc1ccc(CNC(=O)C(=O)CCc2ccc(Cl)cc2)cc1. The van der Waals surface area contributed by atoms with Crippen LogP contribution >= 0.6 is 11.6 Å². The van der Waals surface area contributed by atoms with Gasteiger partial charge in [0.25, 0.3) is 5.91 Å². The minimum atomic E-state index is -0.564. The molecule has 0 bridgehead atoms. The fourth-order valence-electron chi connectivity index (χ4n) is 1.94. The van der Waals surface area contributed by atoms with Crippen molar-refractivity contribution in [3.05, 3.63) is 64.7 Å². The third-order valence-corrected chi connectivity index (χ3v) is 3.49. The normalized spacial score (nSPS) is 10.2. The van der Waals surface area contributed by atoms with Crippen LogP contribution in [-0.2, 0) is 22.6 Å². The monoisotopic (exact) mass is 316 g/mol. The predicted octanol–water partition coefficient (Wildman–Crippen LogP) is 2.74. The van der Waals surface area contributed by atoms with Gasteiger partial charge in [-0.2, -0.15) is 0 Å². The summed E-state index contributed by atoms with van der Waals surface area (Å²) in [6.45, 7) is 0.311. The quantitative estimate of drug-likeness (QED) is 0.636. The van der Waals surface area contributed by atoms with Crippen LogP contribution in [0.25, 0.3) is 0 Å². The molecular weight excluding hydrogens is 300 g/mol. The van der Waals surface area contributed by atoms with Crippen LogP contribution in [0.5, 0.6) is 0 Å². The number of nitrogens with one attached hydrogen (secondary N) is 1. The number of benzene rings is 2. The molecule has 5 heteroatoms. The number of carbonyl (C=O) groups excluding carboxylic acids is 2. The van der Waals surface area contributed by atoms with Gasteiger partial charge in [0.05, 0.1) is 0 Å². The number of Topliss-reactive ketones (excluding diaryl/α,β-unsaturated/α-hetero) is 1. The number of hydrogen-bond donors (Lipinski definition) is 2. The predicted molar refractivity (Wildman–Crippen MR) is 87.5 cm³/mol. The van der Waals surface area contributed by atoms with Gasteiger partial charge in [0.2, 0.25) is 5.78 Å². The van der Waals surface area contributed by atoms with Crippen molar-refractivity contribution in [2.24, 2.45) is 0 Å². The van der Waals surface area contributed by atoms with Crippen LogP contribution in [0, 0.1) is 0 Å². The Morgan fingerprint density at radius 1 is 0.955 bits per heavy atom. The third kappa shape index (κ3) is 4.90. The highest BCUT2D eigenvalue weighted by Gasteiger charge is 2.13. The first-order valence-electron chi connectivity index (χ1n) is 6.94. The van der Waals surface area contributed by atoms with Crippen LogP contribution in [0.3, 0.4) is 0 Å². The van der Waals surface area contributed by atoms with Crippen molar-refractivity contribution < 1.29 is 9.59 Å². The lowest BCUT2D eigenvalue weighted by atomic mass is 10.1. The molecule has 0 heterocycles. The Morgan fingerprint density at radius 2 is 1.55 bits per heavy atom. The van der Waals surface area contributed by atoms with Crippen molar-refractivity contribution in [1.29, 1.82) is 0 Å². The zero-order chi connectivity index (χ0) is 15.9. The van der Waals surface area contributed by atoms with Crippen LogP contribution in [0.4, 0.5) is 5.69 Å². The maximum Gasteiger partial charge on any atom is 0.287 e. The van der Waals surface area contributed by atoms with Crippen LogP contribution in [0.2, 0.25) is 5.02 Å². The van der Waals surface area contributed by atoms with Crippen molar-refractivity contribution in [2.45, 2.75) is 19.4 Å². The average Bonchev–Trinajstić information content (AvgIpc) is 2.53. The molecule has 0 atom stereocenters. The van der Waals surface area contributed by atoms with E-state index in [-0.39, 0.29) is 6.42 Å². The Kier molecular flexibility index (Phi) is 5.55. The van der Waals surface area contributed by atoms with E-state index in [4.69, 9.17) is 17.3 Å². The van der Waals surface area contributed by atoms with Crippen LogP contribution in [0.1, 0.15) is 17.5 Å². The van der Waals surface area contributed by atoms with Crippen molar-refractivity contribution in [3.63, 3.8) is 0 Å². The molecule has 4 nitrogen and oxygen atoms in total. The molecule has 0 aliphatic rings. The molecule has 2 rings (SSSR count). The second-order valence-electron chi connectivity index (χ2n) is 4.97. The van der Waals surface area contributed by atoms with Crippen molar-refractivity contribution in [1.82, 2.24) is 5.32 Å². The van der Waals surface area contributed by atoms with Gasteiger partial charge in [-0.1, -0.05) is 35.9 Å². The summed E-state index contributed by atoms with van der Waals surface area (Å²) in [4.78, 5) is 23.6. The fraction of sp³-hybridized carbons (Fsp3) is 0.176. The average molecular weight is 317 g/mol. The van der Waals surface area contributed by atoms with Gasteiger partial charge in [0.15, 0.2) is 0 Å². The molecule has 0 fully saturated rings. The third-order valence-electron chi connectivity index (χ3n) is 3.24. The molecule has 0 unspecified atom stereocenters. The maximum atomic E-state index is 11.8. The highest BCUT2D eigenvalue weighted by molar-refractivity contribution is 6.36. The van der Waals surface area contributed by atoms with E-state index in [1.807, 2.05) is 24.3 Å². The molecule has 0 saturated heterocycles. The lowest BCUT2D eigenvalue weighted by Gasteiger charge is -2.05. The highest BCUT2D eigenvalue weighted by atomic mass is 35.5. The van der Waals surface area contributed by atoms with E-state index in [1.54, 1.807) is 24.3 Å². The number of hydrogen-bond acceptors (Lipinski definition) is 3. The molecule has 0 radical (unpaired) electrons. The number of rotatable bonds is 6. The van der Waals surface area contributed by atoms with Gasteiger partial charge < -0.3 is 11.1 Å². The summed E-state index contributed by atoms with van der Waals surface area (Å²) in [7, 11) is 0. The molecule has 3 N–H and O–H groups in total. The van der Waals surface area contributed by atoms with Gasteiger partial charge in [-0.15, -0.1) is 0 Å². The van der Waals surface area contributed by atoms with E-state index >= 15 is 0 Å². The first kappa shape index (κ1) is 16.0.